The smallest absolute Gasteiger partial charge is 0.265 e. The summed E-state index contributed by atoms with van der Waals surface area (Å²) < 4.78 is 11.3. The van der Waals surface area contributed by atoms with Crippen molar-refractivity contribution in [1.82, 2.24) is 0 Å². The third-order valence-corrected chi connectivity index (χ3v) is 5.01. The molecule has 0 spiro atoms. The lowest BCUT2D eigenvalue weighted by atomic mass is 10.1. The third-order valence-electron chi connectivity index (χ3n) is 5.01. The van der Waals surface area contributed by atoms with E-state index in [0.717, 1.165) is 5.75 Å². The molecular formula is C25H24N2O4. The molecule has 0 atom stereocenters. The summed E-state index contributed by atoms with van der Waals surface area (Å²) in [5.41, 5.74) is 3.00. The molecule has 0 saturated heterocycles. The fourth-order valence-electron chi connectivity index (χ4n) is 3.36. The maximum Gasteiger partial charge on any atom is 0.265 e. The van der Waals surface area contributed by atoms with Crippen molar-refractivity contribution >= 4 is 23.2 Å². The number of hydrogen-bond acceptors (Lipinski definition) is 4. The number of aryl methyl sites for hydroxylation is 1. The molecule has 0 aliphatic carbocycles. The summed E-state index contributed by atoms with van der Waals surface area (Å²) >= 11 is 0. The molecule has 1 heterocycles. The Balaban J connectivity index is 1.41. The van der Waals surface area contributed by atoms with Crippen molar-refractivity contribution in [3.8, 4) is 11.5 Å². The molecule has 158 valence electrons. The van der Waals surface area contributed by atoms with Crippen LogP contribution in [0, 0.1) is 6.92 Å². The minimum atomic E-state index is -0.207. The van der Waals surface area contributed by atoms with Crippen LogP contribution in [0.1, 0.15) is 22.3 Å². The predicted molar refractivity (Wildman–Crippen MR) is 120 cm³/mol. The van der Waals surface area contributed by atoms with Gasteiger partial charge in [0.1, 0.15) is 11.5 Å². The summed E-state index contributed by atoms with van der Waals surface area (Å²) in [6.07, 6.45) is 0.666. The minimum absolute atomic E-state index is 0.00153. The molecule has 0 fully saturated rings. The summed E-state index contributed by atoms with van der Waals surface area (Å²) in [7, 11) is 0. The quantitative estimate of drug-likeness (QED) is 0.578. The van der Waals surface area contributed by atoms with Gasteiger partial charge in [-0.2, -0.15) is 0 Å². The van der Waals surface area contributed by atoms with Crippen molar-refractivity contribution in [3.63, 3.8) is 0 Å². The van der Waals surface area contributed by atoms with Crippen molar-refractivity contribution in [2.45, 2.75) is 13.3 Å². The Bertz CT molecular complexity index is 1060. The number of fused-ring (bicyclic) bond motifs is 1. The van der Waals surface area contributed by atoms with E-state index in [1.165, 1.54) is 5.56 Å². The molecule has 4 rings (SSSR count). The number of benzene rings is 3. The highest BCUT2D eigenvalue weighted by Crippen LogP contribution is 2.34. The largest absolute Gasteiger partial charge is 0.494 e. The molecule has 0 bridgehead atoms. The highest BCUT2D eigenvalue weighted by Gasteiger charge is 2.25. The van der Waals surface area contributed by atoms with Crippen molar-refractivity contribution in [2.24, 2.45) is 0 Å². The van der Waals surface area contributed by atoms with Crippen LogP contribution in [0.3, 0.4) is 0 Å². The molecule has 1 N–H and O–H groups in total. The maximum atomic E-state index is 12.5. The summed E-state index contributed by atoms with van der Waals surface area (Å²) in [5.74, 6) is 1.11. The molecule has 6 nitrogen and oxygen atoms in total. The highest BCUT2D eigenvalue weighted by atomic mass is 16.5. The van der Waals surface area contributed by atoms with E-state index < -0.39 is 0 Å². The first kappa shape index (κ1) is 20.5. The second-order valence-corrected chi connectivity index (χ2v) is 7.35. The van der Waals surface area contributed by atoms with Gasteiger partial charge in [-0.15, -0.1) is 0 Å². The topological polar surface area (TPSA) is 67.9 Å². The van der Waals surface area contributed by atoms with Gasteiger partial charge < -0.3 is 19.7 Å². The van der Waals surface area contributed by atoms with Gasteiger partial charge in [0.25, 0.3) is 11.8 Å². The Morgan fingerprint density at radius 1 is 1.06 bits per heavy atom. The van der Waals surface area contributed by atoms with Gasteiger partial charge in [-0.25, -0.2) is 0 Å². The first-order chi connectivity index (χ1) is 15.1. The molecule has 0 aromatic heterocycles. The first-order valence-electron chi connectivity index (χ1n) is 10.2. The summed E-state index contributed by atoms with van der Waals surface area (Å²) in [5, 5.41) is 2.88. The zero-order valence-corrected chi connectivity index (χ0v) is 17.3. The van der Waals surface area contributed by atoms with E-state index in [1.807, 2.05) is 49.4 Å². The number of nitrogens with one attached hydrogen (secondary N) is 1. The number of nitrogens with zero attached hydrogens (tertiary/aromatic N) is 1. The molecular weight excluding hydrogens is 392 g/mol. The van der Waals surface area contributed by atoms with Crippen LogP contribution in [0.25, 0.3) is 0 Å². The number of ether oxygens (including phenoxy) is 2. The standard InChI is InChI=1S/C25H24N2O4/c1-18-8-11-21(12-9-18)30-15-5-14-27-22-16-20(10-13-23(22)31-17-24(27)28)26-25(29)19-6-3-2-4-7-19/h2-4,6-13,16H,5,14-15,17H2,1H3,(H,26,29). The van der Waals surface area contributed by atoms with E-state index in [9.17, 15) is 9.59 Å². The fourth-order valence-corrected chi connectivity index (χ4v) is 3.36. The van der Waals surface area contributed by atoms with Crippen LogP contribution in [0.5, 0.6) is 11.5 Å². The van der Waals surface area contributed by atoms with Gasteiger partial charge in [-0.05, 0) is 55.8 Å². The number of carbonyl (C=O) groups is 2. The molecule has 3 aromatic carbocycles. The molecule has 0 saturated carbocycles. The van der Waals surface area contributed by atoms with E-state index in [4.69, 9.17) is 9.47 Å². The normalized spacial score (nSPS) is 12.7. The third kappa shape index (κ3) is 5.04. The van der Waals surface area contributed by atoms with Crippen molar-refractivity contribution < 1.29 is 19.1 Å². The number of amides is 2. The Morgan fingerprint density at radius 3 is 2.61 bits per heavy atom. The van der Waals surface area contributed by atoms with E-state index >= 15 is 0 Å². The summed E-state index contributed by atoms with van der Waals surface area (Å²) in [6.45, 7) is 3.02. The number of carbonyl (C=O) groups excluding carboxylic acids is 2. The predicted octanol–water partition coefficient (Wildman–Crippen LogP) is 4.44. The van der Waals surface area contributed by atoms with Gasteiger partial charge in [0, 0.05) is 17.8 Å². The van der Waals surface area contributed by atoms with Gasteiger partial charge >= 0.3 is 0 Å². The van der Waals surface area contributed by atoms with Crippen LogP contribution in [-0.4, -0.2) is 31.6 Å². The zero-order chi connectivity index (χ0) is 21.6. The van der Waals surface area contributed by atoms with Gasteiger partial charge in [0.2, 0.25) is 0 Å². The van der Waals surface area contributed by atoms with Gasteiger partial charge in [-0.3, -0.25) is 9.59 Å². The average Bonchev–Trinajstić information content (AvgIpc) is 2.79. The van der Waals surface area contributed by atoms with Crippen LogP contribution >= 0.6 is 0 Å². The average molecular weight is 416 g/mol. The Morgan fingerprint density at radius 2 is 1.84 bits per heavy atom. The lowest BCUT2D eigenvalue weighted by Gasteiger charge is -2.30. The van der Waals surface area contributed by atoms with Crippen LogP contribution < -0.4 is 19.7 Å². The molecule has 6 heteroatoms. The Hall–Kier alpha value is -3.80. The summed E-state index contributed by atoms with van der Waals surface area (Å²) in [6, 6.07) is 22.2. The second kappa shape index (κ2) is 9.34. The van der Waals surface area contributed by atoms with E-state index in [-0.39, 0.29) is 18.4 Å². The van der Waals surface area contributed by atoms with Gasteiger partial charge in [0.05, 0.1) is 12.3 Å². The molecule has 1 aliphatic rings. The number of rotatable bonds is 7. The second-order valence-electron chi connectivity index (χ2n) is 7.35. The molecule has 0 radical (unpaired) electrons. The monoisotopic (exact) mass is 416 g/mol. The molecule has 1 aliphatic heterocycles. The molecule has 2 amide bonds. The van der Waals surface area contributed by atoms with E-state index in [0.29, 0.717) is 42.3 Å². The number of hydrogen-bond donors (Lipinski definition) is 1. The van der Waals surface area contributed by atoms with Crippen LogP contribution in [0.2, 0.25) is 0 Å². The van der Waals surface area contributed by atoms with Crippen LogP contribution in [0.15, 0.2) is 72.8 Å². The lowest BCUT2D eigenvalue weighted by Crippen LogP contribution is -2.39. The van der Waals surface area contributed by atoms with Gasteiger partial charge in [0.15, 0.2) is 6.61 Å². The SMILES string of the molecule is Cc1ccc(OCCCN2C(=O)COc3ccc(NC(=O)c4ccccc4)cc32)cc1. The lowest BCUT2D eigenvalue weighted by molar-refractivity contribution is -0.121. The highest BCUT2D eigenvalue weighted by molar-refractivity contribution is 6.05. The van der Waals surface area contributed by atoms with E-state index in [2.05, 4.69) is 5.32 Å². The molecule has 0 unspecified atom stereocenters. The van der Waals surface area contributed by atoms with E-state index in [1.54, 1.807) is 35.2 Å². The Labute approximate surface area is 181 Å². The fraction of sp³-hybridized carbons (Fsp3) is 0.200. The van der Waals surface area contributed by atoms with Gasteiger partial charge in [-0.1, -0.05) is 35.9 Å². The summed E-state index contributed by atoms with van der Waals surface area (Å²) in [4.78, 5) is 26.6. The Kier molecular flexibility index (Phi) is 6.17. The van der Waals surface area contributed by atoms with Crippen molar-refractivity contribution in [3.05, 3.63) is 83.9 Å². The molecule has 31 heavy (non-hydrogen) atoms. The maximum absolute atomic E-state index is 12.5. The van der Waals surface area contributed by atoms with Crippen LogP contribution in [-0.2, 0) is 4.79 Å². The number of anilines is 2. The first-order valence-corrected chi connectivity index (χ1v) is 10.2. The molecule has 3 aromatic rings. The minimum Gasteiger partial charge on any atom is -0.494 e. The van der Waals surface area contributed by atoms with Crippen LogP contribution in [0.4, 0.5) is 11.4 Å². The zero-order valence-electron chi connectivity index (χ0n) is 17.3. The van der Waals surface area contributed by atoms with Crippen molar-refractivity contribution in [1.29, 1.82) is 0 Å². The van der Waals surface area contributed by atoms with Crippen molar-refractivity contribution in [2.75, 3.05) is 30.0 Å².